The number of fused-ring (bicyclic) bond motifs is 3. The first kappa shape index (κ1) is 11.1. The second-order valence-corrected chi connectivity index (χ2v) is 5.65. The summed E-state index contributed by atoms with van der Waals surface area (Å²) in [6, 6.07) is 8.24. The number of nitrogens with one attached hydrogen (secondary N) is 1. The van der Waals surface area contributed by atoms with Gasteiger partial charge in [0.05, 0.1) is 5.56 Å². The van der Waals surface area contributed by atoms with Crippen LogP contribution in [-0.2, 0) is 0 Å². The van der Waals surface area contributed by atoms with Gasteiger partial charge in [0.25, 0.3) is 5.91 Å². The van der Waals surface area contributed by atoms with Crippen LogP contribution in [0.2, 0.25) is 0 Å². The summed E-state index contributed by atoms with van der Waals surface area (Å²) >= 11 is 0. The Kier molecular flexibility index (Phi) is 2.38. The molecule has 4 nitrogen and oxygen atoms in total. The summed E-state index contributed by atoms with van der Waals surface area (Å²) in [4.78, 5) is 14.7. The molecule has 3 atom stereocenters. The molecular weight excluding hydrogens is 238 g/mol. The molecule has 3 unspecified atom stereocenters. The van der Waals surface area contributed by atoms with Crippen molar-refractivity contribution >= 4 is 11.4 Å². The molecular formula is C15H17N3O. The molecule has 4 heteroatoms. The van der Waals surface area contributed by atoms with Crippen LogP contribution in [0.4, 0.5) is 0 Å². The van der Waals surface area contributed by atoms with Crippen LogP contribution in [0.3, 0.4) is 0 Å². The number of piperidine rings is 1. The highest BCUT2D eigenvalue weighted by molar-refractivity contribution is 5.94. The third-order valence-electron chi connectivity index (χ3n) is 4.44. The lowest BCUT2D eigenvalue weighted by Crippen LogP contribution is -2.43. The molecule has 0 radical (unpaired) electrons. The molecule has 2 fully saturated rings. The van der Waals surface area contributed by atoms with Gasteiger partial charge in [0.15, 0.2) is 0 Å². The Morgan fingerprint density at radius 2 is 2.21 bits per heavy atom. The van der Waals surface area contributed by atoms with Crippen LogP contribution in [-0.4, -0.2) is 40.9 Å². The smallest absolute Gasteiger partial charge is 0.253 e. The van der Waals surface area contributed by atoms with Crippen molar-refractivity contribution in [3.8, 4) is 0 Å². The first-order chi connectivity index (χ1) is 9.29. The Bertz CT molecular complexity index is 633. The summed E-state index contributed by atoms with van der Waals surface area (Å²) in [7, 11) is 0. The number of carbonyl (C=O) groups excluding carboxylic acids is 1. The molecule has 98 valence electrons. The second-order valence-electron chi connectivity index (χ2n) is 5.65. The lowest BCUT2D eigenvalue weighted by molar-refractivity contribution is 0.0924. The van der Waals surface area contributed by atoms with Crippen molar-refractivity contribution in [2.75, 3.05) is 19.6 Å². The molecule has 0 aromatic carbocycles. The molecule has 4 heterocycles. The van der Waals surface area contributed by atoms with Gasteiger partial charge in [0.1, 0.15) is 0 Å². The fraction of sp³-hybridized carbons (Fsp3) is 0.400. The van der Waals surface area contributed by atoms with Gasteiger partial charge in [0.2, 0.25) is 0 Å². The number of nitrogens with zero attached hydrogens (tertiary/aromatic N) is 2. The Morgan fingerprint density at radius 3 is 3.00 bits per heavy atom. The van der Waals surface area contributed by atoms with Crippen LogP contribution < -0.4 is 5.32 Å². The molecule has 4 rings (SSSR count). The maximum absolute atomic E-state index is 12.3. The number of hydrogen-bond acceptors (Lipinski definition) is 2. The number of amides is 1. The van der Waals surface area contributed by atoms with Gasteiger partial charge in [-0.25, -0.2) is 0 Å². The van der Waals surface area contributed by atoms with E-state index in [2.05, 4.69) is 10.2 Å². The van der Waals surface area contributed by atoms with Crippen LogP contribution >= 0.6 is 0 Å². The molecule has 2 aromatic rings. The van der Waals surface area contributed by atoms with E-state index in [9.17, 15) is 4.79 Å². The number of hydrogen-bond donors (Lipinski definition) is 1. The van der Waals surface area contributed by atoms with E-state index in [1.165, 1.54) is 13.0 Å². The molecule has 1 N–H and O–H groups in total. The molecule has 19 heavy (non-hydrogen) atoms. The van der Waals surface area contributed by atoms with Crippen LogP contribution in [0.5, 0.6) is 0 Å². The number of carbonyl (C=O) groups is 1. The van der Waals surface area contributed by atoms with E-state index in [4.69, 9.17) is 0 Å². The SMILES string of the molecule is O=C(NC1CN2CCC1C2)c1ccc2cccn2c1. The summed E-state index contributed by atoms with van der Waals surface area (Å²) in [5, 5.41) is 3.19. The minimum absolute atomic E-state index is 0.0503. The first-order valence-electron chi connectivity index (χ1n) is 6.89. The van der Waals surface area contributed by atoms with E-state index in [0.29, 0.717) is 12.0 Å². The van der Waals surface area contributed by atoms with Crippen molar-refractivity contribution in [2.24, 2.45) is 5.92 Å². The lowest BCUT2D eigenvalue weighted by atomic mass is 10.00. The van der Waals surface area contributed by atoms with Crippen molar-refractivity contribution in [2.45, 2.75) is 12.5 Å². The Balaban J connectivity index is 1.53. The second kappa shape index (κ2) is 4.10. The number of aromatic nitrogens is 1. The quantitative estimate of drug-likeness (QED) is 0.880. The molecule has 2 aliphatic heterocycles. The zero-order valence-electron chi connectivity index (χ0n) is 10.7. The van der Waals surface area contributed by atoms with Gasteiger partial charge in [-0.3, -0.25) is 4.79 Å². The van der Waals surface area contributed by atoms with Crippen molar-refractivity contribution in [3.63, 3.8) is 0 Å². The summed E-state index contributed by atoms with van der Waals surface area (Å²) in [6.45, 7) is 3.37. The van der Waals surface area contributed by atoms with Crippen molar-refractivity contribution < 1.29 is 4.79 Å². The molecule has 2 aromatic heterocycles. The van der Waals surface area contributed by atoms with Gasteiger partial charge in [-0.15, -0.1) is 0 Å². The predicted octanol–water partition coefficient (Wildman–Crippen LogP) is 1.37. The minimum Gasteiger partial charge on any atom is -0.348 e. The number of pyridine rings is 1. The minimum atomic E-state index is 0.0503. The van der Waals surface area contributed by atoms with Gasteiger partial charge in [-0.1, -0.05) is 0 Å². The average Bonchev–Trinajstić information content (AvgIpc) is 3.13. The van der Waals surface area contributed by atoms with E-state index >= 15 is 0 Å². The molecule has 2 aliphatic rings. The predicted molar refractivity (Wildman–Crippen MR) is 73.2 cm³/mol. The zero-order valence-corrected chi connectivity index (χ0v) is 10.7. The standard InChI is InChI=1S/C15H17N3O/c19-15(16-14-10-17-7-5-11(14)8-17)12-3-4-13-2-1-6-18(13)9-12/h1-4,6,9,11,14H,5,7-8,10H2,(H,16,19). The largest absolute Gasteiger partial charge is 0.348 e. The summed E-state index contributed by atoms with van der Waals surface area (Å²) in [6.07, 6.45) is 5.09. The van der Waals surface area contributed by atoms with Gasteiger partial charge in [-0.2, -0.15) is 0 Å². The van der Waals surface area contributed by atoms with E-state index in [1.54, 1.807) is 0 Å². The third kappa shape index (κ3) is 1.83. The summed E-state index contributed by atoms with van der Waals surface area (Å²) in [5.41, 5.74) is 1.85. The van der Waals surface area contributed by atoms with E-state index in [0.717, 1.165) is 24.2 Å². The van der Waals surface area contributed by atoms with Gasteiger partial charge in [0, 0.05) is 37.0 Å². The average molecular weight is 255 g/mol. The number of rotatable bonds is 2. The molecule has 0 saturated carbocycles. The van der Waals surface area contributed by atoms with Crippen molar-refractivity contribution in [3.05, 3.63) is 42.2 Å². The lowest BCUT2D eigenvalue weighted by Gasteiger charge is -2.23. The summed E-state index contributed by atoms with van der Waals surface area (Å²) in [5.74, 6) is 0.702. The van der Waals surface area contributed by atoms with E-state index in [-0.39, 0.29) is 5.91 Å². The molecule has 1 amide bonds. The Hall–Kier alpha value is -1.81. The third-order valence-corrected chi connectivity index (χ3v) is 4.44. The maximum Gasteiger partial charge on any atom is 0.253 e. The monoisotopic (exact) mass is 255 g/mol. The van der Waals surface area contributed by atoms with E-state index in [1.807, 2.05) is 41.1 Å². The van der Waals surface area contributed by atoms with E-state index < -0.39 is 0 Å². The van der Waals surface area contributed by atoms with Crippen LogP contribution in [0.25, 0.3) is 5.52 Å². The molecule has 2 saturated heterocycles. The Labute approximate surface area is 112 Å². The fourth-order valence-electron chi connectivity index (χ4n) is 3.37. The topological polar surface area (TPSA) is 36.8 Å². The first-order valence-corrected chi connectivity index (χ1v) is 6.89. The van der Waals surface area contributed by atoms with Gasteiger partial charge in [-0.05, 0) is 43.1 Å². The fourth-order valence-corrected chi connectivity index (χ4v) is 3.37. The van der Waals surface area contributed by atoms with Gasteiger partial charge < -0.3 is 14.6 Å². The normalized spacial score (nSPS) is 28.9. The Morgan fingerprint density at radius 1 is 1.26 bits per heavy atom. The molecule has 0 spiro atoms. The van der Waals surface area contributed by atoms with Crippen LogP contribution in [0.15, 0.2) is 36.7 Å². The molecule has 0 aliphatic carbocycles. The molecule has 2 bridgehead atoms. The van der Waals surface area contributed by atoms with Crippen LogP contribution in [0.1, 0.15) is 16.8 Å². The zero-order chi connectivity index (χ0) is 12.8. The highest BCUT2D eigenvalue weighted by Gasteiger charge is 2.38. The highest BCUT2D eigenvalue weighted by Crippen LogP contribution is 2.27. The highest BCUT2D eigenvalue weighted by atomic mass is 16.1. The maximum atomic E-state index is 12.3. The van der Waals surface area contributed by atoms with Crippen molar-refractivity contribution in [1.82, 2.24) is 14.6 Å². The van der Waals surface area contributed by atoms with Gasteiger partial charge >= 0.3 is 0 Å². The van der Waals surface area contributed by atoms with Crippen LogP contribution in [0, 0.1) is 5.92 Å². The van der Waals surface area contributed by atoms with Crippen molar-refractivity contribution in [1.29, 1.82) is 0 Å². The summed E-state index contributed by atoms with van der Waals surface area (Å²) < 4.78 is 1.99.